The van der Waals surface area contributed by atoms with Gasteiger partial charge in [0.2, 0.25) is 0 Å². The largest absolute Gasteiger partial charge is 0.461 e. The fraction of sp³-hybridized carbons (Fsp3) is 0.538. The third-order valence-corrected chi connectivity index (χ3v) is 11.1. The van der Waals surface area contributed by atoms with Gasteiger partial charge in [-0.1, -0.05) is 49.7 Å². The van der Waals surface area contributed by atoms with Crippen LogP contribution in [0.15, 0.2) is 42.6 Å². The first-order valence-corrected chi connectivity index (χ1v) is 18.2. The van der Waals surface area contributed by atoms with E-state index in [1.165, 1.54) is 5.56 Å². The Morgan fingerprint density at radius 1 is 1.02 bits per heavy atom. The van der Waals surface area contributed by atoms with Gasteiger partial charge in [0.1, 0.15) is 29.2 Å². The van der Waals surface area contributed by atoms with E-state index >= 15 is 4.39 Å². The van der Waals surface area contributed by atoms with E-state index in [-0.39, 0.29) is 40.9 Å². The monoisotopic (exact) mass is 666 g/mol. The maximum atomic E-state index is 17.1. The van der Waals surface area contributed by atoms with Gasteiger partial charge in [-0.25, -0.2) is 9.18 Å². The van der Waals surface area contributed by atoms with Gasteiger partial charge in [-0.05, 0) is 95.1 Å². The van der Waals surface area contributed by atoms with Gasteiger partial charge in [0.25, 0.3) is 0 Å². The zero-order valence-corrected chi connectivity index (χ0v) is 29.2. The van der Waals surface area contributed by atoms with Crippen LogP contribution in [-0.2, 0) is 11.2 Å². The number of hydrogen-bond acceptors (Lipinski definition) is 8. The predicted octanol–water partition coefficient (Wildman–Crippen LogP) is 7.53. The predicted molar refractivity (Wildman–Crippen MR) is 190 cm³/mol. The van der Waals surface area contributed by atoms with Crippen molar-refractivity contribution in [1.82, 2.24) is 24.8 Å². The summed E-state index contributed by atoms with van der Waals surface area (Å²) in [6, 6.07) is 12.4. The van der Waals surface area contributed by atoms with E-state index in [0.717, 1.165) is 80.8 Å². The van der Waals surface area contributed by atoms with Crippen molar-refractivity contribution in [2.45, 2.75) is 102 Å². The van der Waals surface area contributed by atoms with Crippen molar-refractivity contribution < 1.29 is 18.7 Å². The molecule has 0 N–H and O–H groups in total. The summed E-state index contributed by atoms with van der Waals surface area (Å²) in [5, 5.41) is 2.64. The molecule has 4 saturated heterocycles. The third kappa shape index (κ3) is 5.75. The van der Waals surface area contributed by atoms with Gasteiger partial charge in [-0.15, -0.1) is 0 Å². The van der Waals surface area contributed by atoms with Crippen LogP contribution in [0.25, 0.3) is 32.9 Å². The molecule has 6 heterocycles. The number of aryl methyl sites for hydroxylation is 1. The van der Waals surface area contributed by atoms with Crippen LogP contribution in [0.4, 0.5) is 15.0 Å². The first-order chi connectivity index (χ1) is 23.6. The Labute approximate surface area is 287 Å². The normalized spacial score (nSPS) is 21.9. The number of aromatic nitrogens is 3. The summed E-state index contributed by atoms with van der Waals surface area (Å²) < 4.78 is 29.3. The molecule has 9 nitrogen and oxygen atoms in total. The molecule has 2 aromatic carbocycles. The maximum Gasteiger partial charge on any atom is 0.410 e. The van der Waals surface area contributed by atoms with E-state index in [2.05, 4.69) is 41.0 Å². The van der Waals surface area contributed by atoms with E-state index in [4.69, 9.17) is 24.4 Å². The van der Waals surface area contributed by atoms with Crippen LogP contribution in [0.1, 0.15) is 78.2 Å². The van der Waals surface area contributed by atoms with E-state index in [1.807, 2.05) is 37.8 Å². The second kappa shape index (κ2) is 12.4. The third-order valence-electron chi connectivity index (χ3n) is 11.1. The molecule has 8 rings (SSSR count). The summed E-state index contributed by atoms with van der Waals surface area (Å²) in [6.45, 7) is 11.6. The van der Waals surface area contributed by atoms with Crippen LogP contribution in [0, 0.1) is 5.82 Å². The Hall–Kier alpha value is -4.05. The average Bonchev–Trinajstić information content (AvgIpc) is 3.74. The van der Waals surface area contributed by atoms with Crippen molar-refractivity contribution in [3.8, 4) is 17.3 Å². The molecule has 4 fully saturated rings. The molecule has 49 heavy (non-hydrogen) atoms. The van der Waals surface area contributed by atoms with Crippen molar-refractivity contribution in [2.24, 2.45) is 0 Å². The lowest BCUT2D eigenvalue weighted by molar-refractivity contribution is 0.0122. The van der Waals surface area contributed by atoms with Gasteiger partial charge in [0.05, 0.1) is 23.0 Å². The van der Waals surface area contributed by atoms with Crippen LogP contribution >= 0.6 is 0 Å². The number of nitrogens with zero attached hydrogens (tertiary/aromatic N) is 6. The number of hydrogen-bond donors (Lipinski definition) is 0. The molecule has 4 aliphatic rings. The lowest BCUT2D eigenvalue weighted by Gasteiger charge is -2.42. The molecule has 2 unspecified atom stereocenters. The lowest BCUT2D eigenvalue weighted by Crippen LogP contribution is -2.57. The topological polar surface area (TPSA) is 83.9 Å². The summed E-state index contributed by atoms with van der Waals surface area (Å²) in [5.41, 5.74) is 1.86. The average molecular weight is 667 g/mol. The Morgan fingerprint density at radius 2 is 1.73 bits per heavy atom. The molecule has 2 atom stereocenters. The van der Waals surface area contributed by atoms with Crippen LogP contribution < -0.4 is 9.64 Å². The highest BCUT2D eigenvalue weighted by Gasteiger charge is 2.46. The number of amides is 1. The molecular formula is C39H47FN6O3. The second-order valence-corrected chi connectivity index (χ2v) is 15.5. The highest BCUT2D eigenvalue weighted by Crippen LogP contribution is 2.41. The minimum Gasteiger partial charge on any atom is -0.461 e. The molecular weight excluding hydrogens is 619 g/mol. The molecule has 0 spiro atoms. The van der Waals surface area contributed by atoms with E-state index in [1.54, 1.807) is 6.20 Å². The molecule has 0 aliphatic carbocycles. The van der Waals surface area contributed by atoms with Crippen molar-refractivity contribution in [3.63, 3.8) is 0 Å². The smallest absolute Gasteiger partial charge is 0.410 e. The summed E-state index contributed by atoms with van der Waals surface area (Å²) >= 11 is 0. The summed E-state index contributed by atoms with van der Waals surface area (Å²) in [7, 11) is 0. The van der Waals surface area contributed by atoms with Crippen molar-refractivity contribution in [1.29, 1.82) is 0 Å². The van der Waals surface area contributed by atoms with E-state index in [9.17, 15) is 4.79 Å². The molecule has 4 aromatic rings. The highest BCUT2D eigenvalue weighted by atomic mass is 19.1. The lowest BCUT2D eigenvalue weighted by atomic mass is 9.94. The van der Waals surface area contributed by atoms with Crippen LogP contribution in [-0.4, -0.2) is 86.9 Å². The summed E-state index contributed by atoms with van der Waals surface area (Å²) in [6.07, 6.45) is 9.59. The molecule has 10 heteroatoms. The highest BCUT2D eigenvalue weighted by molar-refractivity contribution is 6.00. The number of pyridine rings is 1. The Bertz CT molecular complexity index is 1880. The minimum absolute atomic E-state index is 0.00277. The van der Waals surface area contributed by atoms with Gasteiger partial charge in [-0.2, -0.15) is 9.97 Å². The molecule has 258 valence electrons. The summed E-state index contributed by atoms with van der Waals surface area (Å²) in [5.74, 6) is 0.136. The number of carbonyl (C=O) groups excluding carboxylic acids is 1. The van der Waals surface area contributed by atoms with Crippen molar-refractivity contribution in [3.05, 3.63) is 54.0 Å². The molecule has 1 amide bonds. The number of rotatable bonds is 7. The fourth-order valence-electron chi connectivity index (χ4n) is 8.96. The maximum absolute atomic E-state index is 17.1. The van der Waals surface area contributed by atoms with Crippen molar-refractivity contribution in [2.75, 3.05) is 37.7 Å². The number of piperazine rings is 1. The van der Waals surface area contributed by atoms with Crippen molar-refractivity contribution >= 4 is 33.6 Å². The standard InChI is InChI=1S/C39H47FN6O3/c1-5-10-25-11-6-12-26-13-7-14-29(31(25)26)33-32(40)34-30(21-41-33)35(43-36(42-34)48-24-39-17-8-19-45(39)20-9-18-39)44-22-27-15-16-28(23-44)46(27)37(47)49-38(2,3)4/h6-7,11-14,21,27-28H,5,8-10,15-20,22-24H2,1-4H3. The first-order valence-electron chi connectivity index (χ1n) is 18.2. The second-order valence-electron chi connectivity index (χ2n) is 15.5. The minimum atomic E-state index is -0.571. The van der Waals surface area contributed by atoms with Gasteiger partial charge in [-0.3, -0.25) is 14.8 Å². The van der Waals surface area contributed by atoms with E-state index in [0.29, 0.717) is 30.9 Å². The summed E-state index contributed by atoms with van der Waals surface area (Å²) in [4.78, 5) is 34.4. The zero-order chi connectivity index (χ0) is 33.9. The molecule has 0 saturated carbocycles. The van der Waals surface area contributed by atoms with Gasteiger partial charge < -0.3 is 14.4 Å². The Kier molecular flexibility index (Phi) is 8.12. The Balaban J connectivity index is 1.21. The SMILES string of the molecule is CCCc1cccc2cccc(-c3ncc4c(N5CC6CCC(C5)N6C(=O)OC(C)(C)C)nc(OCC56CCCN5CCC6)nc4c3F)c12. The number of halogens is 1. The van der Waals surface area contributed by atoms with Crippen LogP contribution in [0.5, 0.6) is 6.01 Å². The number of carbonyl (C=O) groups is 1. The zero-order valence-electron chi connectivity index (χ0n) is 29.2. The quantitative estimate of drug-likeness (QED) is 0.200. The van der Waals surface area contributed by atoms with Gasteiger partial charge >= 0.3 is 12.1 Å². The number of benzene rings is 2. The fourth-order valence-corrected chi connectivity index (χ4v) is 8.96. The molecule has 2 aromatic heterocycles. The Morgan fingerprint density at radius 3 is 2.43 bits per heavy atom. The van der Waals surface area contributed by atoms with E-state index < -0.39 is 11.4 Å². The number of ether oxygens (including phenoxy) is 2. The van der Waals surface area contributed by atoms with Gasteiger partial charge in [0, 0.05) is 24.8 Å². The number of fused-ring (bicyclic) bond motifs is 5. The first kappa shape index (κ1) is 32.2. The molecule has 2 bridgehead atoms. The molecule has 4 aliphatic heterocycles. The molecule has 0 radical (unpaired) electrons. The van der Waals surface area contributed by atoms with Crippen LogP contribution in [0.3, 0.4) is 0 Å². The van der Waals surface area contributed by atoms with Gasteiger partial charge in [0.15, 0.2) is 5.82 Å². The van der Waals surface area contributed by atoms with Crippen LogP contribution in [0.2, 0.25) is 0 Å². The number of anilines is 1.